The highest BCUT2D eigenvalue weighted by Crippen LogP contribution is 2.31. The van der Waals surface area contributed by atoms with Crippen molar-refractivity contribution in [1.29, 1.82) is 5.26 Å². The van der Waals surface area contributed by atoms with Crippen LogP contribution < -0.4 is 5.32 Å². The summed E-state index contributed by atoms with van der Waals surface area (Å²) in [5, 5.41) is 12.2. The first-order chi connectivity index (χ1) is 8.54. The smallest absolute Gasteiger partial charge is 0.255 e. The molecule has 96 valence electrons. The van der Waals surface area contributed by atoms with Crippen LogP contribution in [-0.2, 0) is 0 Å². The molecule has 1 saturated carbocycles. The number of amides is 1. The highest BCUT2D eigenvalue weighted by atomic mass is 16.3. The Kier molecular flexibility index (Phi) is 3.42. The fraction of sp³-hybridized carbons (Fsp3) is 0.571. The first kappa shape index (κ1) is 12.7. The fourth-order valence-corrected chi connectivity index (χ4v) is 2.37. The van der Waals surface area contributed by atoms with Gasteiger partial charge in [-0.3, -0.25) is 4.79 Å². The number of hydrogen-bond donors (Lipinski definition) is 1. The molecule has 0 unspecified atom stereocenters. The Balaban J connectivity index is 2.07. The van der Waals surface area contributed by atoms with E-state index in [1.165, 1.54) is 6.26 Å². The summed E-state index contributed by atoms with van der Waals surface area (Å²) in [6.45, 7) is 3.97. The highest BCUT2D eigenvalue weighted by molar-refractivity contribution is 5.94. The molecule has 1 fully saturated rings. The topological polar surface area (TPSA) is 66.0 Å². The maximum Gasteiger partial charge on any atom is 0.255 e. The van der Waals surface area contributed by atoms with Crippen LogP contribution in [0.3, 0.4) is 0 Å². The van der Waals surface area contributed by atoms with Gasteiger partial charge in [0.25, 0.3) is 5.91 Å². The van der Waals surface area contributed by atoms with Crippen LogP contribution in [0, 0.1) is 24.2 Å². The molecule has 4 nitrogen and oxygen atoms in total. The molecule has 0 spiro atoms. The number of furan rings is 1. The molecule has 0 bridgehead atoms. The summed E-state index contributed by atoms with van der Waals surface area (Å²) in [6, 6.07) is 3.97. The van der Waals surface area contributed by atoms with E-state index in [-0.39, 0.29) is 5.91 Å². The molecule has 1 heterocycles. The van der Waals surface area contributed by atoms with E-state index in [4.69, 9.17) is 4.42 Å². The number of aryl methyl sites for hydroxylation is 1. The van der Waals surface area contributed by atoms with Crippen molar-refractivity contribution < 1.29 is 9.21 Å². The normalized spacial score (nSPS) is 27.5. The molecule has 4 heteroatoms. The van der Waals surface area contributed by atoms with Gasteiger partial charge in [-0.25, -0.2) is 0 Å². The number of nitriles is 1. The SMILES string of the molecule is Cc1cc(C(=O)NC2(C#N)CCC(C)CC2)co1. The third kappa shape index (κ3) is 2.56. The predicted octanol–water partition coefficient (Wildman–Crippen LogP) is 2.79. The molecule has 1 aromatic heterocycles. The van der Waals surface area contributed by atoms with Crippen molar-refractivity contribution in [3.8, 4) is 6.07 Å². The number of nitrogens with one attached hydrogen (secondary N) is 1. The summed E-state index contributed by atoms with van der Waals surface area (Å²) in [5.74, 6) is 1.12. The lowest BCUT2D eigenvalue weighted by molar-refractivity contribution is 0.0893. The Labute approximate surface area is 107 Å². The quantitative estimate of drug-likeness (QED) is 0.872. The van der Waals surface area contributed by atoms with Gasteiger partial charge in [0.15, 0.2) is 0 Å². The maximum absolute atomic E-state index is 12.0. The molecule has 2 rings (SSSR count). The van der Waals surface area contributed by atoms with Crippen LogP contribution in [0.5, 0.6) is 0 Å². The van der Waals surface area contributed by atoms with Gasteiger partial charge in [0.05, 0.1) is 11.6 Å². The zero-order valence-corrected chi connectivity index (χ0v) is 10.8. The van der Waals surface area contributed by atoms with Crippen LogP contribution in [0.25, 0.3) is 0 Å². The first-order valence-electron chi connectivity index (χ1n) is 6.33. The van der Waals surface area contributed by atoms with Gasteiger partial charge in [0.2, 0.25) is 0 Å². The zero-order valence-electron chi connectivity index (χ0n) is 10.8. The third-order valence-electron chi connectivity index (χ3n) is 3.69. The van der Waals surface area contributed by atoms with E-state index in [0.717, 1.165) is 25.7 Å². The van der Waals surface area contributed by atoms with Gasteiger partial charge in [-0.1, -0.05) is 6.92 Å². The number of rotatable bonds is 2. The van der Waals surface area contributed by atoms with Gasteiger partial charge in [0.1, 0.15) is 17.6 Å². The summed E-state index contributed by atoms with van der Waals surface area (Å²) < 4.78 is 5.11. The first-order valence-corrected chi connectivity index (χ1v) is 6.33. The van der Waals surface area contributed by atoms with E-state index in [0.29, 0.717) is 17.2 Å². The highest BCUT2D eigenvalue weighted by Gasteiger charge is 2.36. The Bertz CT molecular complexity index is 476. The molecule has 0 aliphatic heterocycles. The van der Waals surface area contributed by atoms with Crippen molar-refractivity contribution in [2.24, 2.45) is 5.92 Å². The van der Waals surface area contributed by atoms with Crippen LogP contribution in [0.1, 0.15) is 48.7 Å². The van der Waals surface area contributed by atoms with E-state index in [9.17, 15) is 10.1 Å². The third-order valence-corrected chi connectivity index (χ3v) is 3.69. The van der Waals surface area contributed by atoms with Crippen molar-refractivity contribution in [2.45, 2.75) is 45.1 Å². The van der Waals surface area contributed by atoms with E-state index in [2.05, 4.69) is 18.3 Å². The molecule has 0 atom stereocenters. The Morgan fingerprint density at radius 2 is 2.22 bits per heavy atom. The van der Waals surface area contributed by atoms with Crippen molar-refractivity contribution in [2.75, 3.05) is 0 Å². The summed E-state index contributed by atoms with van der Waals surface area (Å²) in [5.41, 5.74) is -0.213. The van der Waals surface area contributed by atoms with Gasteiger partial charge in [-0.2, -0.15) is 5.26 Å². The molecular formula is C14H18N2O2. The number of carbonyl (C=O) groups excluding carboxylic acids is 1. The van der Waals surface area contributed by atoms with Gasteiger partial charge in [-0.15, -0.1) is 0 Å². The molecule has 0 aromatic carbocycles. The second-order valence-corrected chi connectivity index (χ2v) is 5.28. The van der Waals surface area contributed by atoms with E-state index in [1.807, 2.05) is 0 Å². The lowest BCUT2D eigenvalue weighted by atomic mass is 9.78. The zero-order chi connectivity index (χ0) is 13.2. The second-order valence-electron chi connectivity index (χ2n) is 5.28. The summed E-state index contributed by atoms with van der Waals surface area (Å²) in [4.78, 5) is 12.0. The average molecular weight is 246 g/mol. The largest absolute Gasteiger partial charge is 0.469 e. The predicted molar refractivity (Wildman–Crippen MR) is 66.9 cm³/mol. The van der Waals surface area contributed by atoms with Gasteiger partial charge in [0, 0.05) is 0 Å². The number of hydrogen-bond acceptors (Lipinski definition) is 3. The Morgan fingerprint density at radius 1 is 1.56 bits per heavy atom. The minimum Gasteiger partial charge on any atom is -0.469 e. The molecular weight excluding hydrogens is 228 g/mol. The maximum atomic E-state index is 12.0. The Morgan fingerprint density at radius 3 is 2.72 bits per heavy atom. The molecule has 0 saturated heterocycles. The molecule has 1 aliphatic carbocycles. The van der Waals surface area contributed by atoms with Crippen molar-refractivity contribution >= 4 is 5.91 Å². The van der Waals surface area contributed by atoms with Crippen LogP contribution in [-0.4, -0.2) is 11.4 Å². The average Bonchev–Trinajstić information content (AvgIpc) is 2.79. The lowest BCUT2D eigenvalue weighted by Crippen LogP contribution is -2.49. The molecule has 1 aromatic rings. The fourth-order valence-electron chi connectivity index (χ4n) is 2.37. The van der Waals surface area contributed by atoms with Gasteiger partial charge >= 0.3 is 0 Å². The number of carbonyl (C=O) groups is 1. The van der Waals surface area contributed by atoms with E-state index in [1.54, 1.807) is 13.0 Å². The molecule has 1 N–H and O–H groups in total. The van der Waals surface area contributed by atoms with Gasteiger partial charge < -0.3 is 9.73 Å². The second kappa shape index (κ2) is 4.85. The van der Waals surface area contributed by atoms with Crippen molar-refractivity contribution in [1.82, 2.24) is 5.32 Å². The molecule has 0 radical (unpaired) electrons. The summed E-state index contributed by atoms with van der Waals surface area (Å²) in [6.07, 6.45) is 4.86. The Hall–Kier alpha value is -1.76. The monoisotopic (exact) mass is 246 g/mol. The minimum absolute atomic E-state index is 0.219. The van der Waals surface area contributed by atoms with Crippen LogP contribution in [0.2, 0.25) is 0 Å². The van der Waals surface area contributed by atoms with Gasteiger partial charge in [-0.05, 0) is 44.6 Å². The summed E-state index contributed by atoms with van der Waals surface area (Å²) in [7, 11) is 0. The van der Waals surface area contributed by atoms with Crippen molar-refractivity contribution in [3.05, 3.63) is 23.7 Å². The molecule has 1 aliphatic rings. The van der Waals surface area contributed by atoms with Crippen LogP contribution in [0.4, 0.5) is 0 Å². The molecule has 1 amide bonds. The van der Waals surface area contributed by atoms with Crippen molar-refractivity contribution in [3.63, 3.8) is 0 Å². The lowest BCUT2D eigenvalue weighted by Gasteiger charge is -2.34. The number of nitrogens with zero attached hydrogens (tertiary/aromatic N) is 1. The van der Waals surface area contributed by atoms with E-state index >= 15 is 0 Å². The molecule has 18 heavy (non-hydrogen) atoms. The van der Waals surface area contributed by atoms with Crippen LogP contribution in [0.15, 0.2) is 16.7 Å². The van der Waals surface area contributed by atoms with E-state index < -0.39 is 5.54 Å². The minimum atomic E-state index is -0.700. The summed E-state index contributed by atoms with van der Waals surface area (Å²) >= 11 is 0. The standard InChI is InChI=1S/C14H18N2O2/c1-10-3-5-14(9-15,6-4-10)16-13(17)12-7-11(2)18-8-12/h7-8,10H,3-6H2,1-2H3,(H,16,17). The van der Waals surface area contributed by atoms with Crippen LogP contribution >= 0.6 is 0 Å².